The van der Waals surface area contributed by atoms with E-state index >= 15 is 0 Å². The van der Waals surface area contributed by atoms with Crippen molar-refractivity contribution >= 4 is 10.4 Å². The fourth-order valence-electron chi connectivity index (χ4n) is 6.32. The third kappa shape index (κ3) is 2.38. The van der Waals surface area contributed by atoms with Crippen molar-refractivity contribution in [3.05, 3.63) is 29.3 Å². The first-order chi connectivity index (χ1) is 12.4. The number of aryl methyl sites for hydroxylation is 1. The predicted molar refractivity (Wildman–Crippen MR) is 96.3 cm³/mol. The van der Waals surface area contributed by atoms with Crippen LogP contribution in [0, 0.1) is 17.3 Å². The van der Waals surface area contributed by atoms with Crippen molar-refractivity contribution in [2.24, 2.45) is 17.3 Å². The molecule has 3 fully saturated rings. The molecule has 2 saturated carbocycles. The first-order valence-electron chi connectivity index (χ1n) is 9.78. The molecule has 1 aromatic carbocycles. The van der Waals surface area contributed by atoms with E-state index in [0.717, 1.165) is 37.9 Å². The molecule has 3 aliphatic carbocycles. The monoisotopic (exact) mass is 378 g/mol. The Kier molecular flexibility index (Phi) is 3.73. The lowest BCUT2D eigenvalue weighted by molar-refractivity contribution is -0.00567. The lowest BCUT2D eigenvalue weighted by Crippen LogP contribution is -2.44. The Hall–Kier alpha value is -1.11. The molecule has 26 heavy (non-hydrogen) atoms. The summed E-state index contributed by atoms with van der Waals surface area (Å²) in [5.74, 6) is 2.57. The minimum atomic E-state index is -3.80. The molecule has 1 saturated heterocycles. The van der Waals surface area contributed by atoms with Gasteiger partial charge in [-0.05, 0) is 80.0 Å². The highest BCUT2D eigenvalue weighted by Gasteiger charge is 2.63. The zero-order chi connectivity index (χ0) is 18.1. The standard InChI is InChI=1S/C20H26O5S/c1-3-23-13-5-7-14-12(10-13)4-6-16-15(14)8-9-20(2)17(16)11-18-19(20)25-26(21,22)24-18/h5,7,10,15-19H,3-4,6,8-9,11H2,1-2H3/t15-,16-,17+,18+,19+,20+/m1/s1. The van der Waals surface area contributed by atoms with Crippen molar-refractivity contribution in [1.29, 1.82) is 0 Å². The van der Waals surface area contributed by atoms with Crippen LogP contribution >= 0.6 is 0 Å². The van der Waals surface area contributed by atoms with E-state index < -0.39 is 10.4 Å². The summed E-state index contributed by atoms with van der Waals surface area (Å²) in [6, 6.07) is 6.57. The Morgan fingerprint density at radius 1 is 1.27 bits per heavy atom. The molecule has 0 aromatic heterocycles. The van der Waals surface area contributed by atoms with E-state index in [1.807, 2.05) is 6.92 Å². The Balaban J connectivity index is 1.45. The average molecular weight is 378 g/mol. The van der Waals surface area contributed by atoms with Gasteiger partial charge in [0.1, 0.15) is 18.0 Å². The van der Waals surface area contributed by atoms with Crippen molar-refractivity contribution in [3.8, 4) is 5.75 Å². The maximum atomic E-state index is 11.7. The van der Waals surface area contributed by atoms with Gasteiger partial charge in [0.15, 0.2) is 0 Å². The summed E-state index contributed by atoms with van der Waals surface area (Å²) in [6.07, 6.45) is 4.50. The van der Waals surface area contributed by atoms with Crippen LogP contribution in [-0.4, -0.2) is 27.2 Å². The molecule has 5 rings (SSSR count). The van der Waals surface area contributed by atoms with Gasteiger partial charge in [0.05, 0.1) is 6.61 Å². The van der Waals surface area contributed by atoms with E-state index in [2.05, 4.69) is 25.1 Å². The van der Waals surface area contributed by atoms with Crippen molar-refractivity contribution in [2.45, 2.75) is 64.1 Å². The number of hydrogen-bond acceptors (Lipinski definition) is 5. The van der Waals surface area contributed by atoms with Gasteiger partial charge in [-0.25, -0.2) is 8.37 Å². The Labute approximate surface area is 155 Å². The summed E-state index contributed by atoms with van der Waals surface area (Å²) in [4.78, 5) is 0. The van der Waals surface area contributed by atoms with Gasteiger partial charge in [-0.1, -0.05) is 13.0 Å². The summed E-state index contributed by atoms with van der Waals surface area (Å²) in [5, 5.41) is 0. The highest BCUT2D eigenvalue weighted by atomic mass is 32.3. The third-order valence-corrected chi connectivity index (χ3v) is 8.31. The number of ether oxygens (including phenoxy) is 1. The van der Waals surface area contributed by atoms with Crippen LogP contribution in [0.3, 0.4) is 0 Å². The topological polar surface area (TPSA) is 61.8 Å². The summed E-state index contributed by atoms with van der Waals surface area (Å²) in [5.41, 5.74) is 2.80. The van der Waals surface area contributed by atoms with Crippen LogP contribution in [0.25, 0.3) is 0 Å². The van der Waals surface area contributed by atoms with Crippen molar-refractivity contribution in [2.75, 3.05) is 6.61 Å². The van der Waals surface area contributed by atoms with Crippen LogP contribution < -0.4 is 4.74 Å². The minimum Gasteiger partial charge on any atom is -0.494 e. The van der Waals surface area contributed by atoms with Gasteiger partial charge >= 0.3 is 10.4 Å². The SMILES string of the molecule is CCOc1ccc2c(c1)CC[C@@H]1[C@@H]2CC[C@@]2(C)[C@H]1C[C@@H]1OS(=O)(=O)O[C@@H]12. The fraction of sp³-hybridized carbons (Fsp3) is 0.700. The van der Waals surface area contributed by atoms with Gasteiger partial charge in [-0.15, -0.1) is 0 Å². The molecule has 1 aliphatic heterocycles. The Morgan fingerprint density at radius 2 is 2.12 bits per heavy atom. The molecule has 1 heterocycles. The summed E-state index contributed by atoms with van der Waals surface area (Å²) in [6.45, 7) is 4.92. The molecule has 0 N–H and O–H groups in total. The van der Waals surface area contributed by atoms with E-state index in [9.17, 15) is 8.42 Å². The van der Waals surface area contributed by atoms with Gasteiger partial charge in [-0.3, -0.25) is 0 Å². The lowest BCUT2D eigenvalue weighted by atomic mass is 9.55. The summed E-state index contributed by atoms with van der Waals surface area (Å²) < 4.78 is 39.8. The molecule has 0 bridgehead atoms. The molecule has 6 heteroatoms. The van der Waals surface area contributed by atoms with Crippen LogP contribution in [0.1, 0.15) is 56.6 Å². The van der Waals surface area contributed by atoms with E-state index in [1.165, 1.54) is 11.1 Å². The number of rotatable bonds is 2. The first-order valence-corrected chi connectivity index (χ1v) is 11.1. The summed E-state index contributed by atoms with van der Waals surface area (Å²) >= 11 is 0. The van der Waals surface area contributed by atoms with Crippen molar-refractivity contribution in [1.82, 2.24) is 0 Å². The molecule has 0 radical (unpaired) electrons. The Morgan fingerprint density at radius 3 is 2.92 bits per heavy atom. The molecule has 0 amide bonds. The van der Waals surface area contributed by atoms with E-state index in [0.29, 0.717) is 24.4 Å². The number of hydrogen-bond donors (Lipinski definition) is 0. The number of fused-ring (bicyclic) bond motifs is 7. The molecular formula is C20H26O5S. The van der Waals surface area contributed by atoms with Crippen LogP contribution in [0.2, 0.25) is 0 Å². The van der Waals surface area contributed by atoms with Crippen LogP contribution in [0.4, 0.5) is 0 Å². The van der Waals surface area contributed by atoms with Crippen LogP contribution in [0.15, 0.2) is 18.2 Å². The maximum Gasteiger partial charge on any atom is 0.400 e. The second-order valence-electron chi connectivity index (χ2n) is 8.55. The second kappa shape index (κ2) is 5.69. The van der Waals surface area contributed by atoms with E-state index in [-0.39, 0.29) is 17.6 Å². The van der Waals surface area contributed by atoms with E-state index in [4.69, 9.17) is 13.1 Å². The van der Waals surface area contributed by atoms with Crippen LogP contribution in [0.5, 0.6) is 5.75 Å². The third-order valence-electron chi connectivity index (χ3n) is 7.38. The molecule has 0 spiro atoms. The quantitative estimate of drug-likeness (QED) is 0.787. The van der Waals surface area contributed by atoms with Crippen molar-refractivity contribution < 1.29 is 21.5 Å². The minimum absolute atomic E-state index is 0.0990. The van der Waals surface area contributed by atoms with Gasteiger partial charge in [-0.2, -0.15) is 8.42 Å². The smallest absolute Gasteiger partial charge is 0.400 e. The zero-order valence-electron chi connectivity index (χ0n) is 15.3. The van der Waals surface area contributed by atoms with E-state index in [1.54, 1.807) is 0 Å². The molecule has 6 atom stereocenters. The van der Waals surface area contributed by atoms with Crippen molar-refractivity contribution in [3.63, 3.8) is 0 Å². The fourth-order valence-corrected chi connectivity index (χ4v) is 7.45. The predicted octanol–water partition coefficient (Wildman–Crippen LogP) is 3.58. The van der Waals surface area contributed by atoms with Gasteiger partial charge in [0, 0.05) is 5.41 Å². The molecule has 4 aliphatic rings. The number of benzene rings is 1. The highest BCUT2D eigenvalue weighted by molar-refractivity contribution is 7.82. The second-order valence-corrected chi connectivity index (χ2v) is 9.75. The maximum absolute atomic E-state index is 11.7. The summed E-state index contributed by atoms with van der Waals surface area (Å²) in [7, 11) is -3.80. The van der Waals surface area contributed by atoms with Gasteiger partial charge in [0.2, 0.25) is 0 Å². The molecule has 0 unspecified atom stereocenters. The first kappa shape index (κ1) is 17.0. The average Bonchev–Trinajstić information content (AvgIpc) is 3.05. The molecule has 5 nitrogen and oxygen atoms in total. The zero-order valence-corrected chi connectivity index (χ0v) is 16.1. The normalized spacial score (nSPS) is 42.5. The van der Waals surface area contributed by atoms with Gasteiger partial charge < -0.3 is 4.74 Å². The molecular weight excluding hydrogens is 352 g/mol. The highest BCUT2D eigenvalue weighted by Crippen LogP contribution is 2.63. The molecule has 142 valence electrons. The molecule has 1 aromatic rings. The Bertz CT molecular complexity index is 835. The lowest BCUT2D eigenvalue weighted by Gasteiger charge is -2.50. The van der Waals surface area contributed by atoms with Crippen LogP contribution in [-0.2, 0) is 25.2 Å². The van der Waals surface area contributed by atoms with Gasteiger partial charge in [0.25, 0.3) is 0 Å². The largest absolute Gasteiger partial charge is 0.494 e.